The molecule has 0 aliphatic heterocycles. The van der Waals surface area contributed by atoms with E-state index < -0.39 is 11.7 Å². The lowest BCUT2D eigenvalue weighted by molar-refractivity contribution is -0.119. The number of hydrogen-bond donors (Lipinski definition) is 1. The first-order valence-corrected chi connectivity index (χ1v) is 8.88. The molecule has 0 aliphatic rings. The van der Waals surface area contributed by atoms with E-state index in [2.05, 4.69) is 15.4 Å². The van der Waals surface area contributed by atoms with E-state index in [9.17, 15) is 9.59 Å². The number of benzene rings is 2. The first-order chi connectivity index (χ1) is 13.4. The Morgan fingerprint density at radius 3 is 2.64 bits per heavy atom. The highest BCUT2D eigenvalue weighted by atomic mass is 16.5. The molecule has 0 unspecified atom stereocenters. The second kappa shape index (κ2) is 8.04. The molecule has 3 rings (SSSR count). The zero-order chi connectivity index (χ0) is 20.3. The molecule has 1 amide bonds. The van der Waals surface area contributed by atoms with Crippen LogP contribution in [-0.4, -0.2) is 27.8 Å². The number of anilines is 1. The maximum absolute atomic E-state index is 12.6. The quantitative estimate of drug-likeness (QED) is 0.737. The number of rotatable bonds is 5. The first-order valence-electron chi connectivity index (χ1n) is 8.88. The van der Waals surface area contributed by atoms with E-state index in [1.54, 1.807) is 26.2 Å². The second-order valence-corrected chi connectivity index (χ2v) is 6.51. The van der Waals surface area contributed by atoms with Crippen molar-refractivity contribution in [3.05, 3.63) is 70.3 Å². The van der Waals surface area contributed by atoms with E-state index in [1.165, 1.54) is 6.20 Å². The molecule has 7 nitrogen and oxygen atoms in total. The van der Waals surface area contributed by atoms with E-state index in [1.807, 2.05) is 44.2 Å². The molecular formula is C21H22N4O3. The molecule has 1 N–H and O–H groups in total. The monoisotopic (exact) mass is 378 g/mol. The summed E-state index contributed by atoms with van der Waals surface area (Å²) in [6.07, 6.45) is 1.47. The third-order valence-corrected chi connectivity index (χ3v) is 4.69. The number of carbonyl (C=O) groups is 1. The molecule has 0 spiro atoms. The van der Waals surface area contributed by atoms with Gasteiger partial charge in [-0.25, -0.2) is 9.48 Å². The Labute approximate surface area is 163 Å². The third-order valence-electron chi connectivity index (χ3n) is 4.69. The SMILES string of the molecule is COc1cccc(-c2cnn([C@H](C)C(=O)Nc3cccc(C)c3C)c(=O)n2)c1. The van der Waals surface area contributed by atoms with Crippen LogP contribution in [0.15, 0.2) is 53.5 Å². The van der Waals surface area contributed by atoms with Gasteiger partial charge in [0.1, 0.15) is 11.8 Å². The zero-order valence-corrected chi connectivity index (χ0v) is 16.3. The maximum Gasteiger partial charge on any atom is 0.365 e. The van der Waals surface area contributed by atoms with Gasteiger partial charge in [0.05, 0.1) is 19.0 Å². The van der Waals surface area contributed by atoms with E-state index in [0.29, 0.717) is 22.7 Å². The lowest BCUT2D eigenvalue weighted by Gasteiger charge is -2.15. The number of carbonyl (C=O) groups excluding carboxylic acids is 1. The summed E-state index contributed by atoms with van der Waals surface area (Å²) in [5, 5.41) is 7.01. The average Bonchev–Trinajstić information content (AvgIpc) is 2.70. The van der Waals surface area contributed by atoms with Gasteiger partial charge in [0.2, 0.25) is 5.91 Å². The number of nitrogens with zero attached hydrogens (tertiary/aromatic N) is 3. The van der Waals surface area contributed by atoms with Crippen molar-refractivity contribution in [3.63, 3.8) is 0 Å². The van der Waals surface area contributed by atoms with Gasteiger partial charge < -0.3 is 10.1 Å². The van der Waals surface area contributed by atoms with Crippen LogP contribution in [0.5, 0.6) is 5.75 Å². The van der Waals surface area contributed by atoms with E-state index in [-0.39, 0.29) is 5.91 Å². The number of nitrogens with one attached hydrogen (secondary N) is 1. The zero-order valence-electron chi connectivity index (χ0n) is 16.3. The van der Waals surface area contributed by atoms with Crippen LogP contribution in [-0.2, 0) is 4.79 Å². The second-order valence-electron chi connectivity index (χ2n) is 6.51. The van der Waals surface area contributed by atoms with Crippen molar-refractivity contribution >= 4 is 11.6 Å². The van der Waals surface area contributed by atoms with Crippen LogP contribution in [0.2, 0.25) is 0 Å². The summed E-state index contributed by atoms with van der Waals surface area (Å²) >= 11 is 0. The van der Waals surface area contributed by atoms with Gasteiger partial charge in [-0.1, -0.05) is 24.3 Å². The smallest absolute Gasteiger partial charge is 0.365 e. The molecule has 0 saturated heterocycles. The minimum Gasteiger partial charge on any atom is -0.497 e. The molecule has 28 heavy (non-hydrogen) atoms. The van der Waals surface area contributed by atoms with Gasteiger partial charge in [-0.3, -0.25) is 4.79 Å². The fraction of sp³-hybridized carbons (Fsp3) is 0.238. The lowest BCUT2D eigenvalue weighted by atomic mass is 10.1. The average molecular weight is 378 g/mol. The molecule has 7 heteroatoms. The Morgan fingerprint density at radius 1 is 1.18 bits per heavy atom. The largest absolute Gasteiger partial charge is 0.497 e. The fourth-order valence-electron chi connectivity index (χ4n) is 2.77. The molecule has 1 aromatic heterocycles. The molecule has 0 fully saturated rings. The molecule has 0 saturated carbocycles. The lowest BCUT2D eigenvalue weighted by Crippen LogP contribution is -2.35. The number of hydrogen-bond acceptors (Lipinski definition) is 5. The summed E-state index contributed by atoms with van der Waals surface area (Å²) in [5.74, 6) is 0.323. The van der Waals surface area contributed by atoms with Crippen LogP contribution in [0.4, 0.5) is 5.69 Å². The Morgan fingerprint density at radius 2 is 1.93 bits per heavy atom. The van der Waals surface area contributed by atoms with Gasteiger partial charge >= 0.3 is 5.69 Å². The molecule has 3 aromatic rings. The minimum atomic E-state index is -0.806. The summed E-state index contributed by atoms with van der Waals surface area (Å²) < 4.78 is 6.26. The topological polar surface area (TPSA) is 86.1 Å². The Kier molecular flexibility index (Phi) is 5.54. The van der Waals surface area contributed by atoms with Gasteiger partial charge in [-0.15, -0.1) is 0 Å². The molecule has 0 radical (unpaired) electrons. The predicted molar refractivity (Wildman–Crippen MR) is 108 cm³/mol. The van der Waals surface area contributed by atoms with Crippen LogP contribution >= 0.6 is 0 Å². The summed E-state index contributed by atoms with van der Waals surface area (Å²) in [7, 11) is 1.57. The molecular weight excluding hydrogens is 356 g/mol. The molecule has 0 aliphatic carbocycles. The van der Waals surface area contributed by atoms with Gasteiger partial charge in [-0.2, -0.15) is 10.1 Å². The molecule has 144 valence electrons. The first kappa shape index (κ1) is 19.3. The van der Waals surface area contributed by atoms with Crippen molar-refractivity contribution in [3.8, 4) is 17.0 Å². The van der Waals surface area contributed by atoms with Gasteiger partial charge in [-0.05, 0) is 50.1 Å². The highest BCUT2D eigenvalue weighted by molar-refractivity contribution is 5.94. The fourth-order valence-corrected chi connectivity index (χ4v) is 2.77. The summed E-state index contributed by atoms with van der Waals surface area (Å²) in [6, 6.07) is 12.1. The Hall–Kier alpha value is -3.48. The van der Waals surface area contributed by atoms with E-state index in [0.717, 1.165) is 15.8 Å². The normalized spacial score (nSPS) is 11.7. The summed E-state index contributed by atoms with van der Waals surface area (Å²) in [6.45, 7) is 5.52. The molecule has 0 bridgehead atoms. The molecule has 1 heterocycles. The number of aryl methyl sites for hydroxylation is 1. The maximum atomic E-state index is 12.6. The number of methoxy groups -OCH3 is 1. The van der Waals surface area contributed by atoms with Crippen molar-refractivity contribution in [2.75, 3.05) is 12.4 Å². The van der Waals surface area contributed by atoms with Crippen molar-refractivity contribution in [1.29, 1.82) is 0 Å². The van der Waals surface area contributed by atoms with Gasteiger partial charge in [0, 0.05) is 11.3 Å². The van der Waals surface area contributed by atoms with Crippen molar-refractivity contribution in [1.82, 2.24) is 14.8 Å². The van der Waals surface area contributed by atoms with Crippen molar-refractivity contribution in [2.45, 2.75) is 26.8 Å². The summed E-state index contributed by atoms with van der Waals surface area (Å²) in [5.41, 5.74) is 3.31. The predicted octanol–water partition coefficient (Wildman–Crippen LogP) is 3.13. The highest BCUT2D eigenvalue weighted by Gasteiger charge is 2.19. The van der Waals surface area contributed by atoms with Crippen LogP contribution < -0.4 is 15.7 Å². The number of ether oxygens (including phenoxy) is 1. The van der Waals surface area contributed by atoms with Crippen LogP contribution in [0.3, 0.4) is 0 Å². The van der Waals surface area contributed by atoms with Gasteiger partial charge in [0.15, 0.2) is 0 Å². The standard InChI is InChI=1S/C21H22N4O3/c1-13-7-5-10-18(14(13)2)23-20(26)15(3)25-21(27)24-19(12-22-25)16-8-6-9-17(11-16)28-4/h5-12,15H,1-4H3,(H,23,26)/t15-/m1/s1. The third kappa shape index (κ3) is 3.93. The van der Waals surface area contributed by atoms with E-state index >= 15 is 0 Å². The van der Waals surface area contributed by atoms with Crippen LogP contribution in [0.25, 0.3) is 11.3 Å². The molecule has 2 aromatic carbocycles. The number of amides is 1. The van der Waals surface area contributed by atoms with Crippen LogP contribution in [0.1, 0.15) is 24.1 Å². The minimum absolute atomic E-state index is 0.334. The Bertz CT molecular complexity index is 1080. The molecule has 1 atom stereocenters. The van der Waals surface area contributed by atoms with Crippen molar-refractivity contribution < 1.29 is 9.53 Å². The highest BCUT2D eigenvalue weighted by Crippen LogP contribution is 2.21. The van der Waals surface area contributed by atoms with Crippen molar-refractivity contribution in [2.24, 2.45) is 0 Å². The Balaban J connectivity index is 1.84. The van der Waals surface area contributed by atoms with Crippen LogP contribution in [0, 0.1) is 13.8 Å². The number of aromatic nitrogens is 3. The van der Waals surface area contributed by atoms with Gasteiger partial charge in [0.25, 0.3) is 0 Å². The van der Waals surface area contributed by atoms with E-state index in [4.69, 9.17) is 4.74 Å². The summed E-state index contributed by atoms with van der Waals surface area (Å²) in [4.78, 5) is 29.1.